The summed E-state index contributed by atoms with van der Waals surface area (Å²) >= 11 is 0. The lowest BCUT2D eigenvalue weighted by Crippen LogP contribution is -2.57. The van der Waals surface area contributed by atoms with Gasteiger partial charge in [0.05, 0.1) is 0 Å². The third kappa shape index (κ3) is 2.63. The van der Waals surface area contributed by atoms with Crippen molar-refractivity contribution < 1.29 is 33.6 Å². The van der Waals surface area contributed by atoms with E-state index in [0.29, 0.717) is 0 Å². The molecule has 5 rings (SSSR count). The third-order valence-electron chi connectivity index (χ3n) is 6.35. The van der Waals surface area contributed by atoms with Gasteiger partial charge in [0.15, 0.2) is 24.0 Å². The van der Waals surface area contributed by atoms with E-state index in [0.717, 1.165) is 57.8 Å². The van der Waals surface area contributed by atoms with Crippen LogP contribution >= 0.6 is 0 Å². The molecule has 2 saturated carbocycles. The average Bonchev–Trinajstić information content (AvgIpc) is 3.13. The van der Waals surface area contributed by atoms with E-state index in [2.05, 4.69) is 0 Å². The lowest BCUT2D eigenvalue weighted by Gasteiger charge is -2.35. The quantitative estimate of drug-likeness (QED) is 0.773. The van der Waals surface area contributed by atoms with Crippen LogP contribution in [0, 0.1) is 0 Å². The predicted molar refractivity (Wildman–Crippen MR) is 83.6 cm³/mol. The first-order valence-electron chi connectivity index (χ1n) is 9.69. The standard InChI is InChI=1S/C18H26O7/c19-15(20)13-11-12(23-17(22-11)7-3-1-4-8-17)14-16(21-13)25-18(24-14)9-5-2-6-10-18/h11-14,16H,1-10H2,(H,19,20)/t11-,12+,13-,14-,16+/m1/s1. The van der Waals surface area contributed by atoms with E-state index in [-0.39, 0.29) is 0 Å². The first-order valence-corrected chi connectivity index (χ1v) is 9.69. The van der Waals surface area contributed by atoms with Gasteiger partial charge >= 0.3 is 5.97 Å². The third-order valence-corrected chi connectivity index (χ3v) is 6.35. The summed E-state index contributed by atoms with van der Waals surface area (Å²) in [7, 11) is 0. The minimum atomic E-state index is -1.07. The summed E-state index contributed by atoms with van der Waals surface area (Å²) in [5.41, 5.74) is 0. The molecule has 0 aromatic rings. The van der Waals surface area contributed by atoms with Crippen LogP contribution in [0.1, 0.15) is 64.2 Å². The highest BCUT2D eigenvalue weighted by Gasteiger charge is 2.65. The fraction of sp³-hybridized carbons (Fsp3) is 0.944. The Hall–Kier alpha value is -0.730. The zero-order valence-electron chi connectivity index (χ0n) is 14.4. The van der Waals surface area contributed by atoms with E-state index in [4.69, 9.17) is 23.7 Å². The molecule has 0 amide bonds. The van der Waals surface area contributed by atoms with Gasteiger partial charge in [-0.05, 0) is 25.7 Å². The maximum absolute atomic E-state index is 11.8. The largest absolute Gasteiger partial charge is 0.479 e. The Labute approximate surface area is 146 Å². The summed E-state index contributed by atoms with van der Waals surface area (Å²) in [5, 5.41) is 9.64. The van der Waals surface area contributed by atoms with Crippen LogP contribution in [-0.4, -0.2) is 53.4 Å². The normalized spacial score (nSPS) is 44.6. The molecule has 0 aromatic carbocycles. The van der Waals surface area contributed by atoms with Crippen molar-refractivity contribution in [2.45, 2.75) is 106 Å². The van der Waals surface area contributed by atoms with Crippen molar-refractivity contribution in [1.82, 2.24) is 0 Å². The molecule has 3 saturated heterocycles. The Morgan fingerprint density at radius 2 is 1.24 bits per heavy atom. The van der Waals surface area contributed by atoms with E-state index < -0.39 is 48.2 Å². The SMILES string of the molecule is O=C(O)[C@@H]1O[C@H]2OC3(CCCCC3)O[C@@H]2[C@H]2OC3(CCCCC3)O[C@H]21. The summed E-state index contributed by atoms with van der Waals surface area (Å²) in [6.07, 6.45) is 6.50. The molecule has 0 unspecified atom stereocenters. The summed E-state index contributed by atoms with van der Waals surface area (Å²) in [6.45, 7) is 0. The molecule has 3 heterocycles. The highest BCUT2D eigenvalue weighted by molar-refractivity contribution is 5.73. The maximum Gasteiger partial charge on any atom is 0.335 e. The van der Waals surface area contributed by atoms with E-state index in [1.807, 2.05) is 0 Å². The van der Waals surface area contributed by atoms with Gasteiger partial charge in [-0.2, -0.15) is 0 Å². The highest BCUT2D eigenvalue weighted by atomic mass is 16.9. The average molecular weight is 354 g/mol. The molecule has 5 atom stereocenters. The fourth-order valence-corrected chi connectivity index (χ4v) is 5.16. The predicted octanol–water partition coefficient (Wildman–Crippen LogP) is 2.32. The topological polar surface area (TPSA) is 83.5 Å². The molecule has 5 fully saturated rings. The Kier molecular flexibility index (Phi) is 3.87. The summed E-state index contributed by atoms with van der Waals surface area (Å²) in [6, 6.07) is 0. The van der Waals surface area contributed by atoms with Gasteiger partial charge in [0.2, 0.25) is 0 Å². The van der Waals surface area contributed by atoms with Gasteiger partial charge in [-0.3, -0.25) is 0 Å². The maximum atomic E-state index is 11.8. The van der Waals surface area contributed by atoms with Crippen molar-refractivity contribution in [1.29, 1.82) is 0 Å². The first kappa shape index (κ1) is 16.4. The van der Waals surface area contributed by atoms with Crippen LogP contribution in [-0.2, 0) is 28.5 Å². The molecule has 3 aliphatic heterocycles. The zero-order valence-corrected chi connectivity index (χ0v) is 14.4. The van der Waals surface area contributed by atoms with Gasteiger partial charge in [-0.1, -0.05) is 12.8 Å². The lowest BCUT2D eigenvalue weighted by molar-refractivity contribution is -0.251. The molecule has 7 heteroatoms. The number of ether oxygens (including phenoxy) is 5. The second-order valence-electron chi connectivity index (χ2n) is 8.07. The number of carbonyl (C=O) groups is 1. The van der Waals surface area contributed by atoms with Crippen molar-refractivity contribution in [2.75, 3.05) is 0 Å². The number of aliphatic carboxylic acids is 1. The van der Waals surface area contributed by atoms with Gasteiger partial charge in [-0.15, -0.1) is 0 Å². The van der Waals surface area contributed by atoms with Crippen molar-refractivity contribution in [3.8, 4) is 0 Å². The molecule has 140 valence electrons. The number of rotatable bonds is 1. The number of carboxylic acid groups (broad SMARTS) is 1. The molecule has 2 spiro atoms. The molecule has 0 bridgehead atoms. The van der Waals surface area contributed by atoms with Crippen molar-refractivity contribution in [3.63, 3.8) is 0 Å². The van der Waals surface area contributed by atoms with E-state index >= 15 is 0 Å². The molecule has 7 nitrogen and oxygen atoms in total. The zero-order chi connectivity index (χ0) is 17.1. The van der Waals surface area contributed by atoms with Gasteiger partial charge in [-0.25, -0.2) is 4.79 Å². The van der Waals surface area contributed by atoms with Crippen molar-refractivity contribution in [2.24, 2.45) is 0 Å². The minimum absolute atomic E-state index is 0.417. The Morgan fingerprint density at radius 3 is 1.84 bits per heavy atom. The Balaban J connectivity index is 1.43. The molecule has 5 aliphatic rings. The second kappa shape index (κ2) is 5.89. The van der Waals surface area contributed by atoms with E-state index in [1.165, 1.54) is 6.42 Å². The van der Waals surface area contributed by atoms with Gasteiger partial charge < -0.3 is 28.8 Å². The number of carboxylic acids is 1. The van der Waals surface area contributed by atoms with Crippen LogP contribution in [0.2, 0.25) is 0 Å². The highest BCUT2D eigenvalue weighted by Crippen LogP contribution is 2.50. The number of fused-ring (bicyclic) bond motifs is 3. The molecule has 2 aliphatic carbocycles. The molecular weight excluding hydrogens is 328 g/mol. The molecule has 0 aromatic heterocycles. The Bertz CT molecular complexity index is 538. The number of hydrogen-bond donors (Lipinski definition) is 1. The summed E-state index contributed by atoms with van der Waals surface area (Å²) < 4.78 is 30.8. The van der Waals surface area contributed by atoms with E-state index in [9.17, 15) is 9.90 Å². The molecular formula is C18H26O7. The van der Waals surface area contributed by atoms with Gasteiger partial charge in [0, 0.05) is 25.7 Å². The van der Waals surface area contributed by atoms with Crippen molar-refractivity contribution >= 4 is 5.97 Å². The van der Waals surface area contributed by atoms with Crippen LogP contribution in [0.4, 0.5) is 0 Å². The summed E-state index contributed by atoms with van der Waals surface area (Å²) in [4.78, 5) is 11.8. The minimum Gasteiger partial charge on any atom is -0.479 e. The number of hydrogen-bond acceptors (Lipinski definition) is 6. The Morgan fingerprint density at radius 1 is 0.720 bits per heavy atom. The molecule has 25 heavy (non-hydrogen) atoms. The first-order chi connectivity index (χ1) is 12.1. The van der Waals surface area contributed by atoms with Crippen LogP contribution in [0.15, 0.2) is 0 Å². The monoisotopic (exact) mass is 354 g/mol. The summed E-state index contributed by atoms with van der Waals surface area (Å²) in [5.74, 6) is -2.35. The van der Waals surface area contributed by atoms with E-state index in [1.54, 1.807) is 0 Å². The fourth-order valence-electron chi connectivity index (χ4n) is 5.16. The van der Waals surface area contributed by atoms with Crippen LogP contribution in [0.3, 0.4) is 0 Å². The van der Waals surface area contributed by atoms with Crippen LogP contribution in [0.25, 0.3) is 0 Å². The van der Waals surface area contributed by atoms with Crippen LogP contribution in [0.5, 0.6) is 0 Å². The van der Waals surface area contributed by atoms with Crippen molar-refractivity contribution in [3.05, 3.63) is 0 Å². The van der Waals surface area contributed by atoms with Crippen LogP contribution < -0.4 is 0 Å². The van der Waals surface area contributed by atoms with Gasteiger partial charge in [0.25, 0.3) is 0 Å². The lowest BCUT2D eigenvalue weighted by atomic mass is 9.94. The molecule has 0 radical (unpaired) electrons. The second-order valence-corrected chi connectivity index (χ2v) is 8.07. The smallest absolute Gasteiger partial charge is 0.335 e. The molecule has 1 N–H and O–H groups in total. The van der Waals surface area contributed by atoms with Gasteiger partial charge in [0.1, 0.15) is 18.3 Å².